The van der Waals surface area contributed by atoms with E-state index in [0.717, 1.165) is 12.3 Å². The van der Waals surface area contributed by atoms with Crippen molar-refractivity contribution in [2.45, 2.75) is 12.5 Å². The Kier molecular flexibility index (Phi) is 6.00. The SMILES string of the molecule is COCCC(NC(=O)c1cc(Cl)ncc1[N+](=O)[O-])C(=O)O. The number of nitrogens with one attached hydrogen (secondary N) is 1. The second kappa shape index (κ2) is 7.50. The van der Waals surface area contributed by atoms with E-state index in [1.165, 1.54) is 7.11 Å². The molecule has 0 spiro atoms. The van der Waals surface area contributed by atoms with Crippen molar-refractivity contribution in [2.24, 2.45) is 0 Å². The Labute approximate surface area is 124 Å². The molecule has 1 rings (SSSR count). The summed E-state index contributed by atoms with van der Waals surface area (Å²) in [5, 5.41) is 21.9. The van der Waals surface area contributed by atoms with E-state index in [9.17, 15) is 19.7 Å². The van der Waals surface area contributed by atoms with Gasteiger partial charge in [0.15, 0.2) is 0 Å². The number of nitrogens with zero attached hydrogens (tertiary/aromatic N) is 2. The zero-order valence-electron chi connectivity index (χ0n) is 10.9. The van der Waals surface area contributed by atoms with Gasteiger partial charge >= 0.3 is 5.97 Å². The number of aromatic nitrogens is 1. The predicted octanol–water partition coefficient (Wildman–Crippen LogP) is 0.863. The van der Waals surface area contributed by atoms with Crippen molar-refractivity contribution in [2.75, 3.05) is 13.7 Å². The molecule has 2 N–H and O–H groups in total. The van der Waals surface area contributed by atoms with E-state index in [1.54, 1.807) is 0 Å². The molecular formula is C11H12ClN3O6. The molecule has 0 aliphatic carbocycles. The number of aliphatic carboxylic acids is 1. The van der Waals surface area contributed by atoms with E-state index in [2.05, 4.69) is 10.3 Å². The van der Waals surface area contributed by atoms with E-state index in [4.69, 9.17) is 21.4 Å². The van der Waals surface area contributed by atoms with Crippen molar-refractivity contribution in [3.05, 3.63) is 33.1 Å². The Morgan fingerprint density at radius 2 is 2.29 bits per heavy atom. The summed E-state index contributed by atoms with van der Waals surface area (Å²) in [6, 6.07) is -0.228. The zero-order valence-corrected chi connectivity index (χ0v) is 11.7. The van der Waals surface area contributed by atoms with Gasteiger partial charge < -0.3 is 15.2 Å². The number of methoxy groups -OCH3 is 1. The van der Waals surface area contributed by atoms with Crippen LogP contribution in [0.15, 0.2) is 12.3 Å². The molecule has 1 atom stereocenters. The Balaban J connectivity index is 2.99. The lowest BCUT2D eigenvalue weighted by atomic mass is 10.1. The molecule has 0 saturated carbocycles. The van der Waals surface area contributed by atoms with Crippen LogP contribution in [0.3, 0.4) is 0 Å². The first-order chi connectivity index (χ1) is 9.86. The van der Waals surface area contributed by atoms with E-state index in [0.29, 0.717) is 0 Å². The maximum atomic E-state index is 12.0. The third kappa shape index (κ3) is 4.65. The number of rotatable bonds is 7. The number of carbonyl (C=O) groups is 2. The fourth-order valence-corrected chi connectivity index (χ4v) is 1.64. The van der Waals surface area contributed by atoms with E-state index in [-0.39, 0.29) is 23.7 Å². The first-order valence-electron chi connectivity index (χ1n) is 5.69. The number of hydrogen-bond donors (Lipinski definition) is 2. The average molecular weight is 318 g/mol. The number of ether oxygens (including phenoxy) is 1. The van der Waals surface area contributed by atoms with Gasteiger partial charge in [0.25, 0.3) is 11.6 Å². The van der Waals surface area contributed by atoms with Crippen molar-refractivity contribution >= 4 is 29.2 Å². The summed E-state index contributed by atoms with van der Waals surface area (Å²) in [6.45, 7) is 0.108. The topological polar surface area (TPSA) is 132 Å². The molecule has 0 radical (unpaired) electrons. The van der Waals surface area contributed by atoms with Crippen LogP contribution in [-0.4, -0.2) is 46.6 Å². The van der Waals surface area contributed by atoms with Gasteiger partial charge in [0, 0.05) is 20.1 Å². The van der Waals surface area contributed by atoms with E-state index >= 15 is 0 Å². The number of hydrogen-bond acceptors (Lipinski definition) is 6. The molecule has 0 aliphatic heterocycles. The van der Waals surface area contributed by atoms with Gasteiger partial charge in [0.2, 0.25) is 0 Å². The Hall–Kier alpha value is -2.26. The molecule has 0 saturated heterocycles. The first kappa shape index (κ1) is 16.8. The van der Waals surface area contributed by atoms with Crippen LogP contribution in [0.1, 0.15) is 16.8 Å². The molecule has 0 fully saturated rings. The number of halogens is 1. The molecule has 0 aliphatic rings. The Morgan fingerprint density at radius 1 is 1.62 bits per heavy atom. The summed E-state index contributed by atoms with van der Waals surface area (Å²) in [7, 11) is 1.38. The third-order valence-electron chi connectivity index (χ3n) is 2.50. The summed E-state index contributed by atoms with van der Waals surface area (Å²) in [4.78, 5) is 36.6. The standard InChI is InChI=1S/C11H12ClN3O6/c1-21-3-2-7(11(17)18)14-10(16)6-4-9(12)13-5-8(6)15(19)20/h4-5,7H,2-3H2,1H3,(H,14,16)(H,17,18). The van der Waals surface area contributed by atoms with Gasteiger partial charge in [-0.25, -0.2) is 9.78 Å². The van der Waals surface area contributed by atoms with Crippen molar-refractivity contribution < 1.29 is 24.4 Å². The summed E-state index contributed by atoms with van der Waals surface area (Å²) in [6.07, 6.45) is 0.854. The molecule has 1 aromatic rings. The van der Waals surface area contributed by atoms with Gasteiger partial charge in [-0.1, -0.05) is 11.6 Å². The first-order valence-corrected chi connectivity index (χ1v) is 6.07. The molecule has 1 unspecified atom stereocenters. The van der Waals surface area contributed by atoms with Crippen LogP contribution in [0, 0.1) is 10.1 Å². The van der Waals surface area contributed by atoms with Gasteiger partial charge in [0.1, 0.15) is 23.0 Å². The smallest absolute Gasteiger partial charge is 0.326 e. The monoisotopic (exact) mass is 317 g/mol. The van der Waals surface area contributed by atoms with Gasteiger partial charge in [-0.15, -0.1) is 0 Å². The van der Waals surface area contributed by atoms with Gasteiger partial charge in [0.05, 0.1) is 4.92 Å². The largest absolute Gasteiger partial charge is 0.480 e. The summed E-state index contributed by atoms with van der Waals surface area (Å²) >= 11 is 5.60. The molecule has 1 heterocycles. The summed E-state index contributed by atoms with van der Waals surface area (Å²) < 4.78 is 4.74. The van der Waals surface area contributed by atoms with Crippen LogP contribution < -0.4 is 5.32 Å². The lowest BCUT2D eigenvalue weighted by Gasteiger charge is -2.14. The predicted molar refractivity (Wildman–Crippen MR) is 71.3 cm³/mol. The van der Waals surface area contributed by atoms with Gasteiger partial charge in [-0.2, -0.15) is 0 Å². The van der Waals surface area contributed by atoms with Crippen molar-refractivity contribution in [3.63, 3.8) is 0 Å². The normalized spacial score (nSPS) is 11.7. The lowest BCUT2D eigenvalue weighted by molar-refractivity contribution is -0.385. The fraction of sp³-hybridized carbons (Fsp3) is 0.364. The average Bonchev–Trinajstić information content (AvgIpc) is 2.42. The number of carboxylic acids is 1. The molecule has 0 bridgehead atoms. The number of carboxylic acid groups (broad SMARTS) is 1. The Morgan fingerprint density at radius 3 is 2.81 bits per heavy atom. The highest BCUT2D eigenvalue weighted by molar-refractivity contribution is 6.29. The van der Waals surface area contributed by atoms with Crippen LogP contribution >= 0.6 is 11.6 Å². The van der Waals surface area contributed by atoms with E-state index < -0.39 is 28.5 Å². The molecule has 114 valence electrons. The second-order valence-electron chi connectivity index (χ2n) is 3.93. The molecule has 1 amide bonds. The molecule has 10 heteroatoms. The molecule has 0 aromatic carbocycles. The number of amides is 1. The van der Waals surface area contributed by atoms with Crippen molar-refractivity contribution in [1.29, 1.82) is 0 Å². The number of pyridine rings is 1. The molecule has 21 heavy (non-hydrogen) atoms. The molecule has 1 aromatic heterocycles. The summed E-state index contributed by atoms with van der Waals surface area (Å²) in [5.74, 6) is -2.20. The van der Waals surface area contributed by atoms with Crippen LogP contribution in [0.2, 0.25) is 5.15 Å². The molecular weight excluding hydrogens is 306 g/mol. The minimum absolute atomic E-state index is 0.0180. The van der Waals surface area contributed by atoms with Crippen molar-refractivity contribution in [3.8, 4) is 0 Å². The summed E-state index contributed by atoms with van der Waals surface area (Å²) in [5.41, 5.74) is -0.920. The van der Waals surface area contributed by atoms with Crippen LogP contribution in [0.4, 0.5) is 5.69 Å². The molecule has 9 nitrogen and oxygen atoms in total. The number of carbonyl (C=O) groups excluding carboxylic acids is 1. The van der Waals surface area contributed by atoms with Crippen molar-refractivity contribution in [1.82, 2.24) is 10.3 Å². The minimum atomic E-state index is -1.27. The highest BCUT2D eigenvalue weighted by Crippen LogP contribution is 2.20. The number of nitro groups is 1. The Bertz CT molecular complexity index is 565. The van der Waals surface area contributed by atoms with Crippen LogP contribution in [0.25, 0.3) is 0 Å². The van der Waals surface area contributed by atoms with E-state index in [1.807, 2.05) is 0 Å². The zero-order chi connectivity index (χ0) is 16.0. The van der Waals surface area contributed by atoms with Gasteiger partial charge in [-0.3, -0.25) is 14.9 Å². The highest BCUT2D eigenvalue weighted by atomic mass is 35.5. The lowest BCUT2D eigenvalue weighted by Crippen LogP contribution is -2.41. The van der Waals surface area contributed by atoms with Gasteiger partial charge in [-0.05, 0) is 6.07 Å². The van der Waals surface area contributed by atoms with Crippen LogP contribution in [0.5, 0.6) is 0 Å². The van der Waals surface area contributed by atoms with Crippen LogP contribution in [-0.2, 0) is 9.53 Å². The maximum absolute atomic E-state index is 12.0. The maximum Gasteiger partial charge on any atom is 0.326 e. The highest BCUT2D eigenvalue weighted by Gasteiger charge is 2.26. The minimum Gasteiger partial charge on any atom is -0.480 e. The second-order valence-corrected chi connectivity index (χ2v) is 4.31. The quantitative estimate of drug-likeness (QED) is 0.433. The third-order valence-corrected chi connectivity index (χ3v) is 2.71. The fourth-order valence-electron chi connectivity index (χ4n) is 1.48.